The molecule has 0 saturated carbocycles. The van der Waals surface area contributed by atoms with Crippen molar-refractivity contribution in [3.63, 3.8) is 0 Å². The van der Waals surface area contributed by atoms with Gasteiger partial charge in [-0.15, -0.1) is 0 Å². The first-order chi connectivity index (χ1) is 0. The van der Waals surface area contributed by atoms with E-state index < -0.39 is 0 Å². The fourth-order valence-electron chi connectivity index (χ4n) is 0. The van der Waals surface area contributed by atoms with Crippen LogP contribution in [0, 0.1) is 0 Å². The van der Waals surface area contributed by atoms with Crippen LogP contribution in [0.2, 0.25) is 0 Å². The third-order valence-corrected chi connectivity index (χ3v) is 0. The third kappa shape index (κ3) is 9.09. The molecular formula is H3AlBTiV. The zero-order valence-corrected chi connectivity index (χ0v) is 4.48. The fraction of sp³-hybridized carbons (Fsp3) is 0. The molecule has 0 bridgehead atoms. The Morgan fingerprint density at radius 1 is 1.00 bits per heavy atom. The zero-order chi connectivity index (χ0) is 0. The molecule has 0 saturated heterocycles. The van der Waals surface area contributed by atoms with Crippen molar-refractivity contribution in [2.45, 2.75) is 0 Å². The first-order valence-electron chi connectivity index (χ1n) is 0. The van der Waals surface area contributed by atoms with Crippen molar-refractivity contribution in [3.05, 3.63) is 0 Å². The van der Waals surface area contributed by atoms with Gasteiger partial charge in [0.2, 0.25) is 0 Å². The molecule has 4 heteroatoms. The fourth-order valence-corrected chi connectivity index (χ4v) is 0. The summed E-state index contributed by atoms with van der Waals surface area (Å²) in [7, 11) is 0. The van der Waals surface area contributed by atoms with Crippen molar-refractivity contribution in [2.75, 3.05) is 0 Å². The summed E-state index contributed by atoms with van der Waals surface area (Å²) in [6.45, 7) is 0. The van der Waals surface area contributed by atoms with Crippen LogP contribution in [-0.4, -0.2) is 25.8 Å². The molecule has 0 amide bonds. The molecule has 0 atom stereocenters. The maximum absolute atomic E-state index is 0. The normalized spacial score (nSPS) is 0. The Morgan fingerprint density at radius 2 is 1.00 bits per heavy atom. The summed E-state index contributed by atoms with van der Waals surface area (Å²) >= 11 is 0. The van der Waals surface area contributed by atoms with E-state index in [0.717, 1.165) is 0 Å². The molecule has 0 aromatic rings. The number of hydrogen-bond donors (Lipinski definition) is 0. The molecule has 4 radical (unpaired) electrons. The smallest absolute Gasteiger partial charge is 0 e. The Kier molecular flexibility index (Phi) is 203. The predicted octanol–water partition coefficient (Wildman–Crippen LogP) is -1.57. The molecule has 0 aromatic heterocycles. The van der Waals surface area contributed by atoms with Crippen LogP contribution in [0.15, 0.2) is 0 Å². The van der Waals surface area contributed by atoms with Gasteiger partial charge in [-0.05, 0) is 0 Å². The van der Waals surface area contributed by atoms with Gasteiger partial charge < -0.3 is 0 Å². The molecule has 0 aliphatic rings. The van der Waals surface area contributed by atoms with Crippen LogP contribution in [0.3, 0.4) is 0 Å². The van der Waals surface area contributed by atoms with Crippen LogP contribution in [0.1, 0.15) is 0 Å². The SMILES string of the molecule is [AlH3].[B].[Ti].[V]. The van der Waals surface area contributed by atoms with Crippen LogP contribution in [0.25, 0.3) is 0 Å². The van der Waals surface area contributed by atoms with Gasteiger partial charge >= 0.3 is 0 Å². The van der Waals surface area contributed by atoms with Crippen molar-refractivity contribution in [1.82, 2.24) is 0 Å². The quantitative estimate of drug-likeness (QED) is 0.356. The number of rotatable bonds is 0. The monoisotopic (exact) mass is 140 g/mol. The Balaban J connectivity index is 0. The molecule has 0 nitrogen and oxygen atoms in total. The van der Waals surface area contributed by atoms with E-state index in [1.54, 1.807) is 0 Å². The molecule has 0 unspecified atom stereocenters. The van der Waals surface area contributed by atoms with Gasteiger partial charge in [0, 0.05) is 48.7 Å². The minimum atomic E-state index is 0. The second-order valence-corrected chi connectivity index (χ2v) is 0. The molecule has 0 N–H and O–H groups in total. The van der Waals surface area contributed by atoms with Crippen molar-refractivity contribution >= 4 is 25.8 Å². The second-order valence-electron chi connectivity index (χ2n) is 0. The standard InChI is InChI=1S/Al.B.Ti.V.3H. The van der Waals surface area contributed by atoms with E-state index >= 15 is 0 Å². The van der Waals surface area contributed by atoms with Crippen molar-refractivity contribution < 1.29 is 40.3 Å². The van der Waals surface area contributed by atoms with E-state index in [0.29, 0.717) is 0 Å². The third-order valence-electron chi connectivity index (χ3n) is 0. The summed E-state index contributed by atoms with van der Waals surface area (Å²) in [6, 6.07) is 0. The molecule has 0 heterocycles. The van der Waals surface area contributed by atoms with Crippen LogP contribution >= 0.6 is 0 Å². The minimum Gasteiger partial charge on any atom is 0 e. The summed E-state index contributed by atoms with van der Waals surface area (Å²) in [4.78, 5) is 0. The Morgan fingerprint density at radius 3 is 1.00 bits per heavy atom. The molecular weight excluding hydrogens is 137 g/mol. The summed E-state index contributed by atoms with van der Waals surface area (Å²) in [6.07, 6.45) is 0. The molecule has 0 spiro atoms. The van der Waals surface area contributed by atoms with Crippen LogP contribution in [-0.2, 0) is 40.3 Å². The largest absolute Gasteiger partial charge is 0.187 e. The first kappa shape index (κ1) is 39.3. The molecule has 0 aromatic carbocycles. The summed E-state index contributed by atoms with van der Waals surface area (Å²) < 4.78 is 0. The molecule has 0 rings (SSSR count). The maximum atomic E-state index is 0. The summed E-state index contributed by atoms with van der Waals surface area (Å²) in [5.41, 5.74) is 0. The van der Waals surface area contributed by atoms with E-state index in [1.165, 1.54) is 0 Å². The predicted molar refractivity (Wildman–Crippen MR) is 15.7 cm³/mol. The number of hydrogen-bond acceptors (Lipinski definition) is 0. The minimum absolute atomic E-state index is 0. The Labute approximate surface area is 65.6 Å². The molecule has 0 aliphatic heterocycles. The van der Waals surface area contributed by atoms with Gasteiger partial charge in [-0.25, -0.2) is 0 Å². The van der Waals surface area contributed by atoms with Gasteiger partial charge in [0.05, 0.1) is 0 Å². The molecule has 0 fully saturated rings. The maximum Gasteiger partial charge on any atom is 0.187 e. The van der Waals surface area contributed by atoms with Gasteiger partial charge in [-0.2, -0.15) is 0 Å². The first-order valence-corrected chi connectivity index (χ1v) is 0. The van der Waals surface area contributed by atoms with E-state index in [4.69, 9.17) is 0 Å². The average molecular weight is 140 g/mol. The summed E-state index contributed by atoms with van der Waals surface area (Å²) in [5, 5.41) is 0. The van der Waals surface area contributed by atoms with Gasteiger partial charge in [-0.1, -0.05) is 0 Å². The van der Waals surface area contributed by atoms with Gasteiger partial charge in [0.25, 0.3) is 0 Å². The van der Waals surface area contributed by atoms with Gasteiger partial charge in [0.15, 0.2) is 17.4 Å². The second kappa shape index (κ2) is 20.7. The van der Waals surface area contributed by atoms with Crippen molar-refractivity contribution in [3.8, 4) is 0 Å². The molecule has 4 heavy (non-hydrogen) atoms. The van der Waals surface area contributed by atoms with Crippen molar-refractivity contribution in [1.29, 1.82) is 0 Å². The zero-order valence-electron chi connectivity index (χ0n) is 1.52. The van der Waals surface area contributed by atoms with E-state index in [1.807, 2.05) is 0 Å². The average Bonchev–Trinajstić information content (AvgIpc) is 0. The van der Waals surface area contributed by atoms with Crippen LogP contribution < -0.4 is 0 Å². The Bertz CT molecular complexity index is 8.00. The van der Waals surface area contributed by atoms with Crippen LogP contribution in [0.5, 0.6) is 0 Å². The molecule has 18 valence electrons. The van der Waals surface area contributed by atoms with Gasteiger partial charge in [0.1, 0.15) is 0 Å². The molecule has 0 aliphatic carbocycles. The Hall–Kier alpha value is 1.90. The van der Waals surface area contributed by atoms with E-state index in [-0.39, 0.29) is 66.0 Å². The topological polar surface area (TPSA) is 0 Å². The van der Waals surface area contributed by atoms with Crippen molar-refractivity contribution in [2.24, 2.45) is 0 Å². The van der Waals surface area contributed by atoms with E-state index in [2.05, 4.69) is 0 Å². The summed E-state index contributed by atoms with van der Waals surface area (Å²) in [5.74, 6) is 0. The van der Waals surface area contributed by atoms with E-state index in [9.17, 15) is 0 Å². The van der Waals surface area contributed by atoms with Crippen LogP contribution in [0.4, 0.5) is 0 Å². The van der Waals surface area contributed by atoms with Gasteiger partial charge in [-0.3, -0.25) is 0 Å².